The van der Waals surface area contributed by atoms with E-state index >= 15 is 0 Å². The number of piperidine rings is 1. The lowest BCUT2D eigenvalue weighted by molar-refractivity contribution is -0.125. The molecule has 2 heterocycles. The summed E-state index contributed by atoms with van der Waals surface area (Å²) in [6.07, 6.45) is 5.14. The molecule has 4 nitrogen and oxygen atoms in total. The second-order valence-corrected chi connectivity index (χ2v) is 8.74. The molecule has 1 atom stereocenters. The number of nitrogens with one attached hydrogen (secondary N) is 1. The molecule has 2 saturated heterocycles. The SMILES string of the molecule is Cl.O=C1NCN(c2ccccc2)C12CCN(C1CCc3ccc(Cl)cc3C1)CC2. The molecule has 29 heavy (non-hydrogen) atoms. The molecular weight excluding hydrogens is 405 g/mol. The molecule has 1 aliphatic carbocycles. The van der Waals surface area contributed by atoms with E-state index in [4.69, 9.17) is 11.6 Å². The van der Waals surface area contributed by atoms with Crippen LogP contribution in [0, 0.1) is 0 Å². The van der Waals surface area contributed by atoms with Crippen molar-refractivity contribution in [3.8, 4) is 0 Å². The number of carbonyl (C=O) groups is 1. The zero-order valence-electron chi connectivity index (χ0n) is 16.4. The standard InChI is InChI=1S/C23H26ClN3O.ClH/c24-19-8-6-17-7-9-21(15-18(17)14-19)26-12-10-23(11-13-26)22(28)25-16-27(23)20-4-2-1-3-5-20;/h1-6,8,14,21H,7,9-13,15-16H2,(H,25,28);1H. The van der Waals surface area contributed by atoms with Gasteiger partial charge in [0.05, 0.1) is 6.67 Å². The first kappa shape index (κ1) is 20.5. The normalized spacial score (nSPS) is 23.4. The van der Waals surface area contributed by atoms with Crippen LogP contribution < -0.4 is 10.2 Å². The Balaban J connectivity index is 0.00000205. The van der Waals surface area contributed by atoms with Crippen molar-refractivity contribution < 1.29 is 4.79 Å². The van der Waals surface area contributed by atoms with Gasteiger partial charge in [-0.2, -0.15) is 0 Å². The molecule has 2 aromatic rings. The van der Waals surface area contributed by atoms with Gasteiger partial charge in [-0.3, -0.25) is 9.69 Å². The monoisotopic (exact) mass is 431 g/mol. The molecule has 0 saturated carbocycles. The van der Waals surface area contributed by atoms with Crippen molar-refractivity contribution >= 4 is 35.6 Å². The van der Waals surface area contributed by atoms with Crippen LogP contribution in [0.2, 0.25) is 5.02 Å². The van der Waals surface area contributed by atoms with E-state index in [2.05, 4.69) is 39.4 Å². The van der Waals surface area contributed by atoms with Gasteiger partial charge in [-0.25, -0.2) is 0 Å². The van der Waals surface area contributed by atoms with Gasteiger partial charge in [-0.15, -0.1) is 12.4 Å². The molecule has 5 rings (SSSR count). The Morgan fingerprint density at radius 2 is 1.79 bits per heavy atom. The Kier molecular flexibility index (Phi) is 5.78. The number of carbonyl (C=O) groups excluding carboxylic acids is 1. The average Bonchev–Trinajstić information content (AvgIpc) is 3.04. The molecule has 0 bridgehead atoms. The molecule has 6 heteroatoms. The minimum Gasteiger partial charge on any atom is -0.339 e. The molecule has 2 aromatic carbocycles. The fraction of sp³-hybridized carbons (Fsp3) is 0.435. The van der Waals surface area contributed by atoms with Gasteiger partial charge in [0.1, 0.15) is 5.54 Å². The van der Waals surface area contributed by atoms with Crippen molar-refractivity contribution in [1.29, 1.82) is 0 Å². The summed E-state index contributed by atoms with van der Waals surface area (Å²) >= 11 is 6.22. The first-order valence-electron chi connectivity index (χ1n) is 10.3. The summed E-state index contributed by atoms with van der Waals surface area (Å²) in [5.74, 6) is 0.191. The van der Waals surface area contributed by atoms with Crippen LogP contribution in [0.5, 0.6) is 0 Å². The van der Waals surface area contributed by atoms with E-state index < -0.39 is 5.54 Å². The van der Waals surface area contributed by atoms with Gasteiger partial charge in [0.2, 0.25) is 5.91 Å². The van der Waals surface area contributed by atoms with Gasteiger partial charge in [0.15, 0.2) is 0 Å². The van der Waals surface area contributed by atoms with Crippen LogP contribution in [-0.2, 0) is 17.6 Å². The van der Waals surface area contributed by atoms with Gasteiger partial charge in [-0.1, -0.05) is 35.9 Å². The lowest BCUT2D eigenvalue weighted by Gasteiger charge is -2.46. The van der Waals surface area contributed by atoms with Crippen molar-refractivity contribution in [2.45, 2.75) is 43.7 Å². The highest BCUT2D eigenvalue weighted by Crippen LogP contribution is 2.38. The molecule has 154 valence electrons. The third-order valence-electron chi connectivity index (χ3n) is 6.92. The fourth-order valence-electron chi connectivity index (χ4n) is 5.31. The predicted octanol–water partition coefficient (Wildman–Crippen LogP) is 4.05. The number of nitrogens with zero attached hydrogens (tertiary/aromatic N) is 2. The molecule has 2 aliphatic heterocycles. The second kappa shape index (κ2) is 8.17. The number of rotatable bonds is 2. The number of fused-ring (bicyclic) bond motifs is 1. The number of halogens is 2. The molecule has 1 amide bonds. The Morgan fingerprint density at radius 3 is 2.55 bits per heavy atom. The number of para-hydroxylation sites is 1. The van der Waals surface area contributed by atoms with Crippen molar-refractivity contribution in [2.24, 2.45) is 0 Å². The third kappa shape index (κ3) is 3.63. The molecule has 3 aliphatic rings. The maximum absolute atomic E-state index is 12.8. The Hall–Kier alpha value is -1.75. The Labute approximate surface area is 183 Å². The van der Waals surface area contributed by atoms with E-state index in [1.54, 1.807) is 0 Å². The topological polar surface area (TPSA) is 35.6 Å². The molecule has 2 fully saturated rings. The summed E-state index contributed by atoms with van der Waals surface area (Å²) in [5, 5.41) is 3.93. The first-order valence-corrected chi connectivity index (χ1v) is 10.7. The fourth-order valence-corrected chi connectivity index (χ4v) is 5.50. The molecule has 1 N–H and O–H groups in total. The van der Waals surface area contributed by atoms with Crippen LogP contribution >= 0.6 is 24.0 Å². The summed E-state index contributed by atoms with van der Waals surface area (Å²) in [7, 11) is 0. The minimum atomic E-state index is -0.395. The van der Waals surface area contributed by atoms with E-state index in [1.165, 1.54) is 17.5 Å². The molecule has 0 radical (unpaired) electrons. The van der Waals surface area contributed by atoms with Gasteiger partial charge >= 0.3 is 0 Å². The summed E-state index contributed by atoms with van der Waals surface area (Å²) in [6, 6.07) is 17.2. The van der Waals surface area contributed by atoms with Crippen LogP contribution in [0.3, 0.4) is 0 Å². The number of hydrogen-bond acceptors (Lipinski definition) is 3. The summed E-state index contributed by atoms with van der Waals surface area (Å²) in [4.78, 5) is 17.7. The van der Waals surface area contributed by atoms with E-state index in [9.17, 15) is 4.79 Å². The Morgan fingerprint density at radius 1 is 1.03 bits per heavy atom. The highest BCUT2D eigenvalue weighted by atomic mass is 35.5. The highest BCUT2D eigenvalue weighted by molar-refractivity contribution is 6.30. The van der Waals surface area contributed by atoms with Gasteiger partial charge in [0.25, 0.3) is 0 Å². The predicted molar refractivity (Wildman–Crippen MR) is 120 cm³/mol. The quantitative estimate of drug-likeness (QED) is 0.778. The van der Waals surface area contributed by atoms with Crippen LogP contribution in [0.25, 0.3) is 0 Å². The molecule has 0 aromatic heterocycles. The molecule has 1 spiro atoms. The van der Waals surface area contributed by atoms with Crippen LogP contribution in [0.1, 0.15) is 30.4 Å². The smallest absolute Gasteiger partial charge is 0.247 e. The highest BCUT2D eigenvalue weighted by Gasteiger charge is 2.50. The Bertz CT molecular complexity index is 881. The van der Waals surface area contributed by atoms with Gasteiger partial charge in [0, 0.05) is 29.8 Å². The second-order valence-electron chi connectivity index (χ2n) is 8.30. The maximum Gasteiger partial charge on any atom is 0.247 e. The number of benzene rings is 2. The lowest BCUT2D eigenvalue weighted by Crippen LogP contribution is -2.58. The molecule has 1 unspecified atom stereocenters. The van der Waals surface area contributed by atoms with E-state index in [0.717, 1.165) is 49.5 Å². The third-order valence-corrected chi connectivity index (χ3v) is 7.15. The molecular formula is C23H27Cl2N3O. The zero-order valence-corrected chi connectivity index (χ0v) is 18.0. The van der Waals surface area contributed by atoms with Gasteiger partial charge in [-0.05, 0) is 67.5 Å². The zero-order chi connectivity index (χ0) is 19.1. The van der Waals surface area contributed by atoms with Crippen LogP contribution in [0.15, 0.2) is 48.5 Å². The van der Waals surface area contributed by atoms with E-state index in [1.807, 2.05) is 24.3 Å². The minimum absolute atomic E-state index is 0. The van der Waals surface area contributed by atoms with Crippen molar-refractivity contribution in [3.05, 3.63) is 64.7 Å². The average molecular weight is 432 g/mol. The maximum atomic E-state index is 12.8. The number of likely N-dealkylation sites (tertiary alicyclic amines) is 1. The summed E-state index contributed by atoms with van der Waals surface area (Å²) < 4.78 is 0. The number of anilines is 1. The van der Waals surface area contributed by atoms with E-state index in [-0.39, 0.29) is 18.3 Å². The summed E-state index contributed by atoms with van der Waals surface area (Å²) in [6.45, 7) is 2.55. The van der Waals surface area contributed by atoms with Crippen molar-refractivity contribution in [3.63, 3.8) is 0 Å². The van der Waals surface area contributed by atoms with Gasteiger partial charge < -0.3 is 10.2 Å². The number of amides is 1. The summed E-state index contributed by atoms with van der Waals surface area (Å²) in [5.41, 5.74) is 3.58. The largest absolute Gasteiger partial charge is 0.339 e. The van der Waals surface area contributed by atoms with Crippen molar-refractivity contribution in [1.82, 2.24) is 10.2 Å². The number of hydrogen-bond donors (Lipinski definition) is 1. The van der Waals surface area contributed by atoms with Crippen LogP contribution in [-0.4, -0.2) is 42.1 Å². The first-order chi connectivity index (χ1) is 13.7. The van der Waals surface area contributed by atoms with Crippen molar-refractivity contribution in [2.75, 3.05) is 24.7 Å². The van der Waals surface area contributed by atoms with E-state index in [0.29, 0.717) is 12.7 Å². The number of aryl methyl sites for hydroxylation is 1. The van der Waals surface area contributed by atoms with Crippen LogP contribution in [0.4, 0.5) is 5.69 Å². The lowest BCUT2D eigenvalue weighted by atomic mass is 9.82.